The van der Waals surface area contributed by atoms with E-state index >= 15 is 0 Å². The van der Waals surface area contributed by atoms with Crippen LogP contribution in [-0.4, -0.2) is 28.5 Å². The summed E-state index contributed by atoms with van der Waals surface area (Å²) >= 11 is 1.18. The second kappa shape index (κ2) is 4.48. The van der Waals surface area contributed by atoms with Crippen LogP contribution in [0.4, 0.5) is 5.00 Å². The normalized spacial score (nSPS) is 11.1. The van der Waals surface area contributed by atoms with E-state index in [9.17, 15) is 9.59 Å². The minimum absolute atomic E-state index is 0.0368. The molecule has 1 rings (SSSR count). The summed E-state index contributed by atoms with van der Waals surface area (Å²) in [4.78, 5) is 25.5. The summed E-state index contributed by atoms with van der Waals surface area (Å²) < 4.78 is 0. The van der Waals surface area contributed by atoms with Gasteiger partial charge in [0.15, 0.2) is 5.69 Å². The molecule has 4 N–H and O–H groups in total. The Bertz CT molecular complexity index is 414. The van der Waals surface area contributed by atoms with E-state index in [0.29, 0.717) is 5.00 Å². The number of anilines is 1. The molecule has 1 amide bonds. The number of carbonyl (C=O) groups is 2. The van der Waals surface area contributed by atoms with Crippen LogP contribution in [-0.2, 0) is 4.79 Å². The van der Waals surface area contributed by atoms with Crippen molar-refractivity contribution in [1.29, 1.82) is 0 Å². The van der Waals surface area contributed by atoms with Crippen molar-refractivity contribution in [2.24, 2.45) is 11.1 Å². The van der Waals surface area contributed by atoms with Crippen molar-refractivity contribution in [2.75, 3.05) is 11.9 Å². The maximum absolute atomic E-state index is 11.1. The van der Waals surface area contributed by atoms with Crippen molar-refractivity contribution < 1.29 is 14.7 Å². The van der Waals surface area contributed by atoms with Gasteiger partial charge < -0.3 is 16.2 Å². The fraction of sp³-hybridized carbons (Fsp3) is 0.444. The first-order chi connectivity index (χ1) is 7.34. The van der Waals surface area contributed by atoms with Crippen molar-refractivity contribution >= 4 is 28.2 Å². The highest BCUT2D eigenvalue weighted by molar-refractivity contribution is 7.14. The standard InChI is InChI=1S/C9H13N3O3S/c1-9(2,8(10)15)3-11-6-5(7(13)14)12-4-16-6/h4,11H,3H2,1-2H3,(H2,10,15)(H,13,14). The highest BCUT2D eigenvalue weighted by atomic mass is 32.1. The van der Waals surface area contributed by atoms with Crippen LogP contribution in [0, 0.1) is 5.41 Å². The molecular weight excluding hydrogens is 230 g/mol. The Morgan fingerprint density at radius 1 is 1.62 bits per heavy atom. The SMILES string of the molecule is CC(C)(CNc1scnc1C(=O)O)C(N)=O. The molecule has 0 atom stereocenters. The second-order valence-electron chi connectivity index (χ2n) is 3.94. The number of hydrogen-bond donors (Lipinski definition) is 3. The van der Waals surface area contributed by atoms with Crippen LogP contribution in [0.1, 0.15) is 24.3 Å². The summed E-state index contributed by atoms with van der Waals surface area (Å²) in [5, 5.41) is 12.1. The van der Waals surface area contributed by atoms with Crippen molar-refractivity contribution in [3.63, 3.8) is 0 Å². The molecule has 88 valence electrons. The highest BCUT2D eigenvalue weighted by Crippen LogP contribution is 2.22. The number of aromatic carboxylic acids is 1. The van der Waals surface area contributed by atoms with Gasteiger partial charge in [0, 0.05) is 6.54 Å². The van der Waals surface area contributed by atoms with Crippen molar-refractivity contribution in [2.45, 2.75) is 13.8 Å². The number of primary amides is 1. The molecule has 0 fully saturated rings. The number of carboxylic acids is 1. The van der Waals surface area contributed by atoms with Crippen molar-refractivity contribution in [3.05, 3.63) is 11.2 Å². The molecule has 0 unspecified atom stereocenters. The molecular formula is C9H13N3O3S. The molecule has 0 saturated heterocycles. The number of thiazole rings is 1. The molecule has 1 heterocycles. The largest absolute Gasteiger partial charge is 0.476 e. The van der Waals surface area contributed by atoms with Gasteiger partial charge >= 0.3 is 5.97 Å². The molecule has 0 saturated carbocycles. The first-order valence-electron chi connectivity index (χ1n) is 4.55. The molecule has 0 bridgehead atoms. The molecule has 0 aliphatic rings. The molecule has 0 radical (unpaired) electrons. The Kier molecular flexibility index (Phi) is 3.48. The zero-order valence-corrected chi connectivity index (χ0v) is 9.80. The number of aromatic nitrogens is 1. The molecule has 0 aromatic carbocycles. The van der Waals surface area contributed by atoms with Crippen LogP contribution >= 0.6 is 11.3 Å². The van der Waals surface area contributed by atoms with Gasteiger partial charge in [-0.2, -0.15) is 0 Å². The van der Waals surface area contributed by atoms with Gasteiger partial charge in [-0.3, -0.25) is 4.79 Å². The zero-order valence-electron chi connectivity index (χ0n) is 8.98. The van der Waals surface area contributed by atoms with Crippen molar-refractivity contribution in [3.8, 4) is 0 Å². The van der Waals surface area contributed by atoms with E-state index in [0.717, 1.165) is 0 Å². The summed E-state index contributed by atoms with van der Waals surface area (Å²) in [6.45, 7) is 3.64. The average Bonchev–Trinajstić information content (AvgIpc) is 2.62. The molecule has 16 heavy (non-hydrogen) atoms. The molecule has 1 aromatic rings. The van der Waals surface area contributed by atoms with Gasteiger partial charge in [0.25, 0.3) is 0 Å². The van der Waals surface area contributed by atoms with E-state index in [-0.39, 0.29) is 12.2 Å². The van der Waals surface area contributed by atoms with E-state index in [2.05, 4.69) is 10.3 Å². The van der Waals surface area contributed by atoms with Crippen LogP contribution in [0.3, 0.4) is 0 Å². The Morgan fingerprint density at radius 2 is 2.25 bits per heavy atom. The molecule has 0 aliphatic heterocycles. The maximum atomic E-state index is 11.1. The summed E-state index contributed by atoms with van der Waals surface area (Å²) in [6.07, 6.45) is 0. The molecule has 6 nitrogen and oxygen atoms in total. The Hall–Kier alpha value is -1.63. The lowest BCUT2D eigenvalue weighted by Crippen LogP contribution is -2.37. The lowest BCUT2D eigenvalue weighted by Gasteiger charge is -2.20. The van der Waals surface area contributed by atoms with Gasteiger partial charge in [-0.25, -0.2) is 9.78 Å². The molecule has 0 aliphatic carbocycles. The minimum Gasteiger partial charge on any atom is -0.476 e. The van der Waals surface area contributed by atoms with Crippen LogP contribution in [0.25, 0.3) is 0 Å². The number of carbonyl (C=O) groups excluding carboxylic acids is 1. The van der Waals surface area contributed by atoms with Gasteiger partial charge in [-0.15, -0.1) is 11.3 Å². The van der Waals surface area contributed by atoms with Crippen LogP contribution in [0.2, 0.25) is 0 Å². The van der Waals surface area contributed by atoms with Gasteiger partial charge in [0.2, 0.25) is 5.91 Å². The topological polar surface area (TPSA) is 105 Å². The molecule has 1 aromatic heterocycles. The molecule has 7 heteroatoms. The summed E-state index contributed by atoms with van der Waals surface area (Å²) in [5.74, 6) is -1.54. The minimum atomic E-state index is -1.10. The third kappa shape index (κ3) is 2.69. The van der Waals surface area contributed by atoms with Gasteiger partial charge in [-0.05, 0) is 13.8 Å². The number of nitrogens with two attached hydrogens (primary N) is 1. The fourth-order valence-electron chi connectivity index (χ4n) is 0.912. The number of rotatable bonds is 5. The second-order valence-corrected chi connectivity index (χ2v) is 4.79. The van der Waals surface area contributed by atoms with Gasteiger partial charge in [-0.1, -0.05) is 0 Å². The van der Waals surface area contributed by atoms with E-state index in [1.165, 1.54) is 16.8 Å². The zero-order chi connectivity index (χ0) is 12.3. The third-order valence-electron chi connectivity index (χ3n) is 2.13. The van der Waals surface area contributed by atoms with E-state index < -0.39 is 17.3 Å². The lowest BCUT2D eigenvalue weighted by atomic mass is 9.93. The smallest absolute Gasteiger partial charge is 0.357 e. The monoisotopic (exact) mass is 243 g/mol. The predicted octanol–water partition coefficient (Wildman–Crippen LogP) is 0.765. The first-order valence-corrected chi connectivity index (χ1v) is 5.43. The number of nitrogens with one attached hydrogen (secondary N) is 1. The Morgan fingerprint density at radius 3 is 2.75 bits per heavy atom. The van der Waals surface area contributed by atoms with E-state index in [4.69, 9.17) is 10.8 Å². The predicted molar refractivity (Wildman–Crippen MR) is 60.5 cm³/mol. The first kappa shape index (κ1) is 12.4. The van der Waals surface area contributed by atoms with E-state index in [1.807, 2.05) is 0 Å². The summed E-state index contributed by atoms with van der Waals surface area (Å²) in [6, 6.07) is 0. The fourth-order valence-corrected chi connectivity index (χ4v) is 1.58. The number of hydrogen-bond acceptors (Lipinski definition) is 5. The quantitative estimate of drug-likeness (QED) is 0.708. The average molecular weight is 243 g/mol. The van der Waals surface area contributed by atoms with Crippen molar-refractivity contribution in [1.82, 2.24) is 4.98 Å². The summed E-state index contributed by atoms with van der Waals surface area (Å²) in [5.41, 5.74) is 5.86. The van der Waals surface area contributed by atoms with Gasteiger partial charge in [0.05, 0.1) is 10.9 Å². The van der Waals surface area contributed by atoms with Gasteiger partial charge in [0.1, 0.15) is 5.00 Å². The lowest BCUT2D eigenvalue weighted by molar-refractivity contribution is -0.125. The third-order valence-corrected chi connectivity index (χ3v) is 2.91. The Labute approximate surface area is 96.5 Å². The van der Waals surface area contributed by atoms with E-state index in [1.54, 1.807) is 13.8 Å². The maximum Gasteiger partial charge on any atom is 0.357 e. The Balaban J connectivity index is 2.72. The van der Waals surface area contributed by atoms with Crippen LogP contribution in [0.5, 0.6) is 0 Å². The molecule has 0 spiro atoms. The highest BCUT2D eigenvalue weighted by Gasteiger charge is 2.25. The van der Waals surface area contributed by atoms with Crippen LogP contribution in [0.15, 0.2) is 5.51 Å². The summed E-state index contributed by atoms with van der Waals surface area (Å²) in [7, 11) is 0. The number of carboxylic acid groups (broad SMARTS) is 1. The van der Waals surface area contributed by atoms with Crippen LogP contribution < -0.4 is 11.1 Å². The number of amides is 1. The number of nitrogens with zero attached hydrogens (tertiary/aromatic N) is 1.